The Labute approximate surface area is 106 Å². The summed E-state index contributed by atoms with van der Waals surface area (Å²) in [7, 11) is 0. The maximum atomic E-state index is 11.8. The fraction of sp³-hybridized carbons (Fsp3) is 0.667. The minimum absolute atomic E-state index is 0.252. The van der Waals surface area contributed by atoms with E-state index in [0.29, 0.717) is 5.69 Å². The second kappa shape index (κ2) is 4.19. The fourth-order valence-corrected chi connectivity index (χ4v) is 1.99. The molecule has 18 heavy (non-hydrogen) atoms. The maximum absolute atomic E-state index is 11.8. The van der Waals surface area contributed by atoms with E-state index in [1.54, 1.807) is 6.07 Å². The highest BCUT2D eigenvalue weighted by Crippen LogP contribution is 2.41. The standard InChI is InChI=1S/C12H19N3O3/c1-11(2,3)17-10(16)14-12(5-4-6-12)8-7-9(13)18-15-8/h7H,4-6,13H2,1-3H3,(H,14,16). The molecule has 0 bridgehead atoms. The number of ether oxygens (including phenoxy) is 1. The third kappa shape index (κ3) is 2.57. The van der Waals surface area contributed by atoms with Crippen LogP contribution in [-0.2, 0) is 10.3 Å². The van der Waals surface area contributed by atoms with Crippen LogP contribution in [0.5, 0.6) is 0 Å². The van der Waals surface area contributed by atoms with E-state index in [0.717, 1.165) is 19.3 Å². The Balaban J connectivity index is 2.08. The molecule has 3 N–H and O–H groups in total. The van der Waals surface area contributed by atoms with Crippen molar-refractivity contribution in [1.82, 2.24) is 10.5 Å². The zero-order valence-corrected chi connectivity index (χ0v) is 10.9. The van der Waals surface area contributed by atoms with E-state index in [2.05, 4.69) is 10.5 Å². The van der Waals surface area contributed by atoms with Gasteiger partial charge in [-0.25, -0.2) is 4.79 Å². The van der Waals surface area contributed by atoms with E-state index >= 15 is 0 Å². The van der Waals surface area contributed by atoms with Crippen LogP contribution in [0.25, 0.3) is 0 Å². The van der Waals surface area contributed by atoms with Crippen LogP contribution in [0.3, 0.4) is 0 Å². The minimum Gasteiger partial charge on any atom is -0.444 e. The lowest BCUT2D eigenvalue weighted by atomic mass is 9.74. The van der Waals surface area contributed by atoms with E-state index in [1.807, 2.05) is 20.8 Å². The Kier molecular flexibility index (Phi) is 2.96. The summed E-state index contributed by atoms with van der Waals surface area (Å²) in [5, 5.41) is 6.77. The number of hydrogen-bond donors (Lipinski definition) is 2. The predicted molar refractivity (Wildman–Crippen MR) is 65.8 cm³/mol. The quantitative estimate of drug-likeness (QED) is 0.842. The fourth-order valence-electron chi connectivity index (χ4n) is 1.99. The lowest BCUT2D eigenvalue weighted by Crippen LogP contribution is -2.52. The lowest BCUT2D eigenvalue weighted by Gasteiger charge is -2.40. The molecule has 6 heteroatoms. The number of nitrogens with zero attached hydrogens (tertiary/aromatic N) is 1. The van der Waals surface area contributed by atoms with Gasteiger partial charge in [0, 0.05) is 6.07 Å². The van der Waals surface area contributed by atoms with Crippen LogP contribution in [0.4, 0.5) is 10.7 Å². The molecule has 100 valence electrons. The molecule has 1 aromatic heterocycles. The van der Waals surface area contributed by atoms with Crippen LogP contribution in [0.1, 0.15) is 45.7 Å². The van der Waals surface area contributed by atoms with Gasteiger partial charge in [0.15, 0.2) is 0 Å². The molecule has 1 heterocycles. The summed E-state index contributed by atoms with van der Waals surface area (Å²) in [5.74, 6) is 0.252. The Morgan fingerprint density at radius 1 is 1.56 bits per heavy atom. The van der Waals surface area contributed by atoms with E-state index in [-0.39, 0.29) is 5.88 Å². The average Bonchev–Trinajstić information content (AvgIpc) is 2.55. The summed E-state index contributed by atoms with van der Waals surface area (Å²) in [6, 6.07) is 1.65. The van der Waals surface area contributed by atoms with Crippen molar-refractivity contribution in [2.45, 2.75) is 51.2 Å². The van der Waals surface area contributed by atoms with Gasteiger partial charge in [-0.15, -0.1) is 0 Å². The number of hydrogen-bond acceptors (Lipinski definition) is 5. The molecule has 0 spiro atoms. The second-order valence-electron chi connectivity index (χ2n) is 5.68. The number of nitrogen functional groups attached to an aromatic ring is 1. The Bertz CT molecular complexity index is 444. The number of anilines is 1. The minimum atomic E-state index is -0.516. The first-order chi connectivity index (χ1) is 8.31. The van der Waals surface area contributed by atoms with Gasteiger partial charge >= 0.3 is 6.09 Å². The maximum Gasteiger partial charge on any atom is 0.408 e. The highest BCUT2D eigenvalue weighted by molar-refractivity contribution is 5.69. The molecule has 0 aromatic carbocycles. The molecule has 1 aliphatic carbocycles. The third-order valence-corrected chi connectivity index (χ3v) is 2.97. The molecule has 1 aliphatic rings. The summed E-state index contributed by atoms with van der Waals surface area (Å²) < 4.78 is 10.1. The smallest absolute Gasteiger partial charge is 0.408 e. The molecule has 0 aliphatic heterocycles. The molecule has 2 rings (SSSR count). The zero-order chi connectivity index (χ0) is 13.4. The van der Waals surface area contributed by atoms with Crippen molar-refractivity contribution in [1.29, 1.82) is 0 Å². The van der Waals surface area contributed by atoms with Crippen molar-refractivity contribution in [3.8, 4) is 0 Å². The van der Waals surface area contributed by atoms with E-state index in [4.69, 9.17) is 15.0 Å². The zero-order valence-electron chi connectivity index (χ0n) is 10.9. The van der Waals surface area contributed by atoms with Gasteiger partial charge in [-0.2, -0.15) is 0 Å². The molecule has 6 nitrogen and oxygen atoms in total. The largest absolute Gasteiger partial charge is 0.444 e. The molecule has 0 radical (unpaired) electrons. The van der Waals surface area contributed by atoms with Crippen molar-refractivity contribution in [3.05, 3.63) is 11.8 Å². The van der Waals surface area contributed by atoms with Crippen LogP contribution >= 0.6 is 0 Å². The number of amides is 1. The van der Waals surface area contributed by atoms with Crippen molar-refractivity contribution in [2.24, 2.45) is 0 Å². The number of carbonyl (C=O) groups is 1. The Hall–Kier alpha value is -1.72. The highest BCUT2D eigenvalue weighted by Gasteiger charge is 2.43. The van der Waals surface area contributed by atoms with Gasteiger partial charge < -0.3 is 20.3 Å². The molecule has 1 saturated carbocycles. The van der Waals surface area contributed by atoms with Gasteiger partial charge in [-0.05, 0) is 40.0 Å². The molecule has 1 aromatic rings. The molecule has 1 fully saturated rings. The molecule has 0 atom stereocenters. The number of alkyl carbamates (subject to hydrolysis) is 1. The van der Waals surface area contributed by atoms with Crippen molar-refractivity contribution < 1.29 is 14.1 Å². The number of aromatic nitrogens is 1. The van der Waals surface area contributed by atoms with E-state index in [1.165, 1.54) is 0 Å². The molecule has 0 unspecified atom stereocenters. The number of rotatable bonds is 2. The first kappa shape index (κ1) is 12.7. The molecular weight excluding hydrogens is 234 g/mol. The topological polar surface area (TPSA) is 90.4 Å². The van der Waals surface area contributed by atoms with Gasteiger partial charge in [-0.3, -0.25) is 0 Å². The summed E-state index contributed by atoms with van der Waals surface area (Å²) in [6.07, 6.45) is 2.22. The van der Waals surface area contributed by atoms with E-state index < -0.39 is 17.2 Å². The normalized spacial score (nSPS) is 17.9. The van der Waals surface area contributed by atoms with Crippen molar-refractivity contribution in [3.63, 3.8) is 0 Å². The highest BCUT2D eigenvalue weighted by atomic mass is 16.6. The van der Waals surface area contributed by atoms with Crippen LogP contribution in [0.2, 0.25) is 0 Å². The monoisotopic (exact) mass is 253 g/mol. The Morgan fingerprint density at radius 2 is 2.22 bits per heavy atom. The average molecular weight is 253 g/mol. The van der Waals surface area contributed by atoms with Crippen LogP contribution < -0.4 is 11.1 Å². The molecule has 1 amide bonds. The predicted octanol–water partition coefficient (Wildman–Crippen LogP) is 2.16. The first-order valence-electron chi connectivity index (χ1n) is 6.05. The molecular formula is C12H19N3O3. The van der Waals surface area contributed by atoms with Gasteiger partial charge in [0.05, 0.1) is 5.54 Å². The summed E-state index contributed by atoms with van der Waals surface area (Å²) in [4.78, 5) is 11.8. The summed E-state index contributed by atoms with van der Waals surface area (Å²) >= 11 is 0. The van der Waals surface area contributed by atoms with Gasteiger partial charge in [0.2, 0.25) is 5.88 Å². The number of carbonyl (C=O) groups excluding carboxylic acids is 1. The van der Waals surface area contributed by atoms with Gasteiger partial charge in [0.1, 0.15) is 11.3 Å². The summed E-state index contributed by atoms with van der Waals surface area (Å²) in [5.41, 5.74) is 5.18. The Morgan fingerprint density at radius 3 is 2.61 bits per heavy atom. The SMILES string of the molecule is CC(C)(C)OC(=O)NC1(c2cc(N)on2)CCC1. The van der Waals surface area contributed by atoms with Crippen molar-refractivity contribution in [2.75, 3.05) is 5.73 Å². The van der Waals surface area contributed by atoms with Crippen LogP contribution in [-0.4, -0.2) is 16.9 Å². The lowest BCUT2D eigenvalue weighted by molar-refractivity contribution is 0.0367. The molecule has 0 saturated heterocycles. The van der Waals surface area contributed by atoms with Crippen molar-refractivity contribution >= 4 is 12.0 Å². The number of nitrogens with two attached hydrogens (primary N) is 1. The van der Waals surface area contributed by atoms with Crippen LogP contribution in [0, 0.1) is 0 Å². The second-order valence-corrected chi connectivity index (χ2v) is 5.68. The summed E-state index contributed by atoms with van der Waals surface area (Å²) in [6.45, 7) is 5.48. The number of nitrogens with one attached hydrogen (secondary N) is 1. The van der Waals surface area contributed by atoms with Gasteiger partial charge in [-0.1, -0.05) is 5.16 Å². The van der Waals surface area contributed by atoms with E-state index in [9.17, 15) is 4.79 Å². The third-order valence-electron chi connectivity index (χ3n) is 2.97. The van der Waals surface area contributed by atoms with Crippen LogP contribution in [0.15, 0.2) is 10.6 Å². The van der Waals surface area contributed by atoms with Gasteiger partial charge in [0.25, 0.3) is 0 Å². The first-order valence-corrected chi connectivity index (χ1v) is 6.05.